The largest absolute Gasteiger partial charge is 0.504 e. The molecule has 0 saturated heterocycles. The van der Waals surface area contributed by atoms with Crippen molar-refractivity contribution in [1.29, 1.82) is 0 Å². The van der Waals surface area contributed by atoms with Gasteiger partial charge in [-0.05, 0) is 24.1 Å². The summed E-state index contributed by atoms with van der Waals surface area (Å²) < 4.78 is 5.53. The van der Waals surface area contributed by atoms with E-state index in [1.165, 1.54) is 19.3 Å². The molecular formula is C14H20O2. The van der Waals surface area contributed by atoms with E-state index in [0.717, 1.165) is 12.0 Å². The molecule has 2 nitrogen and oxygen atoms in total. The van der Waals surface area contributed by atoms with Gasteiger partial charge in [-0.3, -0.25) is 0 Å². The average molecular weight is 220 g/mol. The quantitative estimate of drug-likeness (QED) is 0.704. The molecule has 0 atom stereocenters. The van der Waals surface area contributed by atoms with Crippen molar-refractivity contribution in [2.75, 3.05) is 6.61 Å². The number of phenolic OH excluding ortho intramolecular Hbond substituents is 1. The summed E-state index contributed by atoms with van der Waals surface area (Å²) in [4.78, 5) is 0. The van der Waals surface area contributed by atoms with E-state index in [-0.39, 0.29) is 5.75 Å². The van der Waals surface area contributed by atoms with Crippen LogP contribution in [-0.4, -0.2) is 11.7 Å². The number of unbranched alkanes of at least 4 members (excludes halogenated alkanes) is 3. The highest BCUT2D eigenvalue weighted by Gasteiger charge is 2.02. The molecule has 0 aliphatic heterocycles. The SMILES string of the molecule is C=Cc1ccc(O)c(OCCCCCC)c1. The van der Waals surface area contributed by atoms with Crippen LogP contribution in [0.2, 0.25) is 0 Å². The summed E-state index contributed by atoms with van der Waals surface area (Å²) in [6.07, 6.45) is 6.41. The lowest BCUT2D eigenvalue weighted by atomic mass is 10.2. The fourth-order valence-corrected chi connectivity index (χ4v) is 1.48. The third kappa shape index (κ3) is 3.97. The third-order valence-electron chi connectivity index (χ3n) is 2.48. The Hall–Kier alpha value is -1.44. The Balaban J connectivity index is 2.43. The highest BCUT2D eigenvalue weighted by atomic mass is 16.5. The molecule has 88 valence electrons. The average Bonchev–Trinajstić information content (AvgIpc) is 2.31. The van der Waals surface area contributed by atoms with E-state index in [1.807, 2.05) is 12.1 Å². The molecule has 1 rings (SSSR count). The number of hydrogen-bond acceptors (Lipinski definition) is 2. The van der Waals surface area contributed by atoms with Crippen molar-refractivity contribution < 1.29 is 9.84 Å². The van der Waals surface area contributed by atoms with Gasteiger partial charge in [0.15, 0.2) is 11.5 Å². The minimum Gasteiger partial charge on any atom is -0.504 e. The molecule has 0 saturated carbocycles. The van der Waals surface area contributed by atoms with Crippen LogP contribution in [0.15, 0.2) is 24.8 Å². The molecule has 0 bridgehead atoms. The van der Waals surface area contributed by atoms with Gasteiger partial charge in [0, 0.05) is 0 Å². The molecule has 16 heavy (non-hydrogen) atoms. The second-order valence-corrected chi connectivity index (χ2v) is 3.84. The van der Waals surface area contributed by atoms with E-state index in [2.05, 4.69) is 13.5 Å². The molecule has 1 N–H and O–H groups in total. The molecule has 0 aliphatic rings. The maximum absolute atomic E-state index is 9.57. The fourth-order valence-electron chi connectivity index (χ4n) is 1.48. The van der Waals surface area contributed by atoms with Gasteiger partial charge in [-0.15, -0.1) is 0 Å². The zero-order valence-corrected chi connectivity index (χ0v) is 9.91. The van der Waals surface area contributed by atoms with E-state index < -0.39 is 0 Å². The zero-order valence-electron chi connectivity index (χ0n) is 9.91. The molecule has 0 fully saturated rings. The van der Waals surface area contributed by atoms with Gasteiger partial charge in [-0.2, -0.15) is 0 Å². The standard InChI is InChI=1S/C14H20O2/c1-3-5-6-7-10-16-14-11-12(4-2)8-9-13(14)15/h4,8-9,11,15H,2-3,5-7,10H2,1H3. The van der Waals surface area contributed by atoms with Crippen LogP contribution in [-0.2, 0) is 0 Å². The molecule has 1 aromatic rings. The molecule has 0 radical (unpaired) electrons. The Bertz CT molecular complexity index is 332. The molecule has 0 spiro atoms. The first-order chi connectivity index (χ1) is 7.77. The Morgan fingerprint density at radius 2 is 2.12 bits per heavy atom. The highest BCUT2D eigenvalue weighted by Crippen LogP contribution is 2.27. The summed E-state index contributed by atoms with van der Waals surface area (Å²) in [5.74, 6) is 0.745. The van der Waals surface area contributed by atoms with Crippen LogP contribution in [0.4, 0.5) is 0 Å². The van der Waals surface area contributed by atoms with Crippen molar-refractivity contribution in [2.24, 2.45) is 0 Å². The maximum Gasteiger partial charge on any atom is 0.161 e. The van der Waals surface area contributed by atoms with E-state index in [1.54, 1.807) is 12.1 Å². The smallest absolute Gasteiger partial charge is 0.161 e. The first-order valence-electron chi connectivity index (χ1n) is 5.86. The lowest BCUT2D eigenvalue weighted by Crippen LogP contribution is -1.97. The molecule has 2 heteroatoms. The van der Waals surface area contributed by atoms with Crippen molar-refractivity contribution in [2.45, 2.75) is 32.6 Å². The van der Waals surface area contributed by atoms with Crippen molar-refractivity contribution in [1.82, 2.24) is 0 Å². The fraction of sp³-hybridized carbons (Fsp3) is 0.429. The summed E-state index contributed by atoms with van der Waals surface area (Å²) in [5, 5.41) is 9.57. The first-order valence-corrected chi connectivity index (χ1v) is 5.86. The number of hydrogen-bond donors (Lipinski definition) is 1. The number of aromatic hydroxyl groups is 1. The normalized spacial score (nSPS) is 10.1. The van der Waals surface area contributed by atoms with Crippen molar-refractivity contribution in [3.8, 4) is 11.5 Å². The molecule has 1 aromatic carbocycles. The van der Waals surface area contributed by atoms with Crippen molar-refractivity contribution >= 4 is 6.08 Å². The van der Waals surface area contributed by atoms with Gasteiger partial charge in [0.1, 0.15) is 0 Å². The Morgan fingerprint density at radius 3 is 2.81 bits per heavy atom. The van der Waals surface area contributed by atoms with E-state index in [4.69, 9.17) is 4.74 Å². The van der Waals surface area contributed by atoms with Gasteiger partial charge in [-0.1, -0.05) is 44.9 Å². The van der Waals surface area contributed by atoms with Gasteiger partial charge in [0.2, 0.25) is 0 Å². The van der Waals surface area contributed by atoms with Crippen molar-refractivity contribution in [3.05, 3.63) is 30.3 Å². The number of phenols is 1. The van der Waals surface area contributed by atoms with Gasteiger partial charge >= 0.3 is 0 Å². The van der Waals surface area contributed by atoms with E-state index in [9.17, 15) is 5.11 Å². The predicted molar refractivity (Wildman–Crippen MR) is 67.8 cm³/mol. The Labute approximate surface area is 97.6 Å². The van der Waals surface area contributed by atoms with Gasteiger partial charge in [-0.25, -0.2) is 0 Å². The first kappa shape index (κ1) is 12.6. The molecule has 0 unspecified atom stereocenters. The van der Waals surface area contributed by atoms with Crippen LogP contribution in [0.3, 0.4) is 0 Å². The summed E-state index contributed by atoms with van der Waals surface area (Å²) >= 11 is 0. The number of ether oxygens (including phenoxy) is 1. The molecule has 0 aromatic heterocycles. The second-order valence-electron chi connectivity index (χ2n) is 3.84. The minimum atomic E-state index is 0.195. The summed E-state index contributed by atoms with van der Waals surface area (Å²) in [6, 6.07) is 5.26. The van der Waals surface area contributed by atoms with Crippen LogP contribution in [0, 0.1) is 0 Å². The molecular weight excluding hydrogens is 200 g/mol. The van der Waals surface area contributed by atoms with Crippen molar-refractivity contribution in [3.63, 3.8) is 0 Å². The molecule has 0 amide bonds. The van der Waals surface area contributed by atoms with Crippen LogP contribution < -0.4 is 4.74 Å². The predicted octanol–water partition coefficient (Wildman–Crippen LogP) is 3.99. The Kier molecular flexibility index (Phi) is 5.48. The number of benzene rings is 1. The van der Waals surface area contributed by atoms with Gasteiger partial charge in [0.05, 0.1) is 6.61 Å². The lowest BCUT2D eigenvalue weighted by molar-refractivity contribution is 0.289. The topological polar surface area (TPSA) is 29.5 Å². The molecule has 0 heterocycles. The maximum atomic E-state index is 9.57. The summed E-state index contributed by atoms with van der Waals surface area (Å²) in [6.45, 7) is 6.53. The van der Waals surface area contributed by atoms with E-state index in [0.29, 0.717) is 12.4 Å². The van der Waals surface area contributed by atoms with Crippen LogP contribution in [0.5, 0.6) is 11.5 Å². The van der Waals surface area contributed by atoms with Crippen LogP contribution in [0.25, 0.3) is 6.08 Å². The highest BCUT2D eigenvalue weighted by molar-refractivity contribution is 5.53. The second kappa shape index (κ2) is 6.94. The minimum absolute atomic E-state index is 0.195. The van der Waals surface area contributed by atoms with Gasteiger partial charge in [0.25, 0.3) is 0 Å². The monoisotopic (exact) mass is 220 g/mol. The third-order valence-corrected chi connectivity index (χ3v) is 2.48. The number of rotatable bonds is 7. The van der Waals surface area contributed by atoms with Crippen LogP contribution in [0.1, 0.15) is 38.2 Å². The summed E-state index contributed by atoms with van der Waals surface area (Å²) in [5.41, 5.74) is 0.960. The van der Waals surface area contributed by atoms with Gasteiger partial charge < -0.3 is 9.84 Å². The Morgan fingerprint density at radius 1 is 1.31 bits per heavy atom. The summed E-state index contributed by atoms with van der Waals surface area (Å²) in [7, 11) is 0. The van der Waals surface area contributed by atoms with E-state index >= 15 is 0 Å². The molecule has 0 aliphatic carbocycles. The van der Waals surface area contributed by atoms with Crippen LogP contribution >= 0.6 is 0 Å². The zero-order chi connectivity index (χ0) is 11.8. The lowest BCUT2D eigenvalue weighted by Gasteiger charge is -2.08.